The number of nitrogens with zero attached hydrogens (tertiary/aromatic N) is 1. The molecule has 1 aromatic heterocycles. The molecule has 0 aliphatic carbocycles. The highest BCUT2D eigenvalue weighted by molar-refractivity contribution is 7.16. The van der Waals surface area contributed by atoms with Gasteiger partial charge in [-0.3, -0.25) is 10.2 Å². The van der Waals surface area contributed by atoms with Crippen LogP contribution in [0.25, 0.3) is 10.6 Å². The van der Waals surface area contributed by atoms with E-state index >= 15 is 0 Å². The summed E-state index contributed by atoms with van der Waals surface area (Å²) < 4.78 is 5.62. The number of nitrogen functional groups attached to an aromatic ring is 1. The summed E-state index contributed by atoms with van der Waals surface area (Å²) in [5.74, 6) is 6.09. The van der Waals surface area contributed by atoms with Crippen molar-refractivity contribution in [3.05, 3.63) is 35.3 Å². The maximum Gasteiger partial charge on any atom is 0.276 e. The zero-order chi connectivity index (χ0) is 14.5. The molecule has 0 aliphatic heterocycles. The molecule has 1 aromatic carbocycles. The third-order valence-corrected chi connectivity index (χ3v) is 3.59. The summed E-state index contributed by atoms with van der Waals surface area (Å²) in [5, 5.41) is 0.777. The molecule has 0 aliphatic rings. The van der Waals surface area contributed by atoms with Crippen molar-refractivity contribution in [2.24, 2.45) is 11.8 Å². The normalized spacial score (nSPS) is 10.6. The summed E-state index contributed by atoms with van der Waals surface area (Å²) in [6.07, 6.45) is 1.52. The molecule has 0 unspecified atom stereocenters. The maximum atomic E-state index is 11.4. The van der Waals surface area contributed by atoms with Crippen molar-refractivity contribution in [2.45, 2.75) is 13.8 Å². The van der Waals surface area contributed by atoms with E-state index in [2.05, 4.69) is 24.3 Å². The van der Waals surface area contributed by atoms with Crippen LogP contribution < -0.4 is 16.0 Å². The number of amides is 1. The number of hydrogen-bond donors (Lipinski definition) is 2. The van der Waals surface area contributed by atoms with Gasteiger partial charge in [0.2, 0.25) is 0 Å². The van der Waals surface area contributed by atoms with Crippen molar-refractivity contribution in [3.8, 4) is 16.3 Å². The molecule has 6 heteroatoms. The SMILES string of the molecule is CC(C)COc1ccc(-c2ncc(C(=O)NN)s2)cc1. The average Bonchev–Trinajstić information content (AvgIpc) is 2.94. The van der Waals surface area contributed by atoms with Crippen molar-refractivity contribution in [1.29, 1.82) is 0 Å². The van der Waals surface area contributed by atoms with Crippen molar-refractivity contribution < 1.29 is 9.53 Å². The number of thiazole rings is 1. The van der Waals surface area contributed by atoms with Crippen LogP contribution in [0.15, 0.2) is 30.5 Å². The van der Waals surface area contributed by atoms with E-state index in [-0.39, 0.29) is 5.91 Å². The first-order valence-electron chi connectivity index (χ1n) is 6.30. The molecule has 2 rings (SSSR count). The molecule has 0 spiro atoms. The Kier molecular flexibility index (Phi) is 4.70. The van der Waals surface area contributed by atoms with Crippen molar-refractivity contribution in [2.75, 3.05) is 6.61 Å². The van der Waals surface area contributed by atoms with E-state index in [1.807, 2.05) is 24.3 Å². The van der Waals surface area contributed by atoms with Crippen LogP contribution >= 0.6 is 11.3 Å². The smallest absolute Gasteiger partial charge is 0.276 e. The number of carbonyl (C=O) groups excluding carboxylic acids is 1. The Morgan fingerprint density at radius 2 is 2.10 bits per heavy atom. The molecule has 1 heterocycles. The van der Waals surface area contributed by atoms with E-state index in [4.69, 9.17) is 10.6 Å². The van der Waals surface area contributed by atoms with Crippen LogP contribution in [-0.4, -0.2) is 17.5 Å². The molecule has 0 bridgehead atoms. The maximum absolute atomic E-state index is 11.4. The number of aromatic nitrogens is 1. The van der Waals surface area contributed by atoms with Crippen LogP contribution in [0.1, 0.15) is 23.5 Å². The van der Waals surface area contributed by atoms with E-state index in [0.717, 1.165) is 16.3 Å². The lowest BCUT2D eigenvalue weighted by molar-refractivity contribution is 0.0957. The molecule has 0 fully saturated rings. The number of hydrogen-bond acceptors (Lipinski definition) is 5. The lowest BCUT2D eigenvalue weighted by Gasteiger charge is -2.08. The first-order chi connectivity index (χ1) is 9.60. The summed E-state index contributed by atoms with van der Waals surface area (Å²) in [4.78, 5) is 16.1. The molecule has 0 atom stereocenters. The van der Waals surface area contributed by atoms with Gasteiger partial charge < -0.3 is 4.74 Å². The van der Waals surface area contributed by atoms with Gasteiger partial charge in [-0.2, -0.15) is 0 Å². The molecule has 0 saturated heterocycles. The second kappa shape index (κ2) is 6.49. The Labute approximate surface area is 121 Å². The number of rotatable bonds is 5. The lowest BCUT2D eigenvalue weighted by atomic mass is 10.2. The average molecular weight is 291 g/mol. The molecule has 1 amide bonds. The van der Waals surface area contributed by atoms with Gasteiger partial charge in [0, 0.05) is 5.56 Å². The van der Waals surface area contributed by atoms with Crippen molar-refractivity contribution >= 4 is 17.2 Å². The van der Waals surface area contributed by atoms with E-state index in [1.165, 1.54) is 17.5 Å². The van der Waals surface area contributed by atoms with Crippen LogP contribution in [-0.2, 0) is 0 Å². The van der Waals surface area contributed by atoms with Gasteiger partial charge in [-0.1, -0.05) is 13.8 Å². The topological polar surface area (TPSA) is 77.2 Å². The molecule has 2 aromatic rings. The molecule has 106 valence electrons. The van der Waals surface area contributed by atoms with Gasteiger partial charge in [0.15, 0.2) is 0 Å². The largest absolute Gasteiger partial charge is 0.493 e. The van der Waals surface area contributed by atoms with Crippen LogP contribution in [0, 0.1) is 5.92 Å². The predicted octanol–water partition coefficient (Wildman–Crippen LogP) is 2.45. The second-order valence-electron chi connectivity index (χ2n) is 4.73. The van der Waals surface area contributed by atoms with Gasteiger partial charge in [0.25, 0.3) is 5.91 Å². The van der Waals surface area contributed by atoms with E-state index < -0.39 is 0 Å². The van der Waals surface area contributed by atoms with Gasteiger partial charge in [-0.15, -0.1) is 11.3 Å². The first-order valence-corrected chi connectivity index (χ1v) is 7.12. The number of nitrogens with one attached hydrogen (secondary N) is 1. The Morgan fingerprint density at radius 1 is 1.40 bits per heavy atom. The summed E-state index contributed by atoms with van der Waals surface area (Å²) in [5.41, 5.74) is 3.04. The van der Waals surface area contributed by atoms with Crippen LogP contribution in [0.4, 0.5) is 0 Å². The van der Waals surface area contributed by atoms with Crippen LogP contribution in [0.3, 0.4) is 0 Å². The third-order valence-electron chi connectivity index (χ3n) is 2.55. The van der Waals surface area contributed by atoms with E-state index in [0.29, 0.717) is 17.4 Å². The quantitative estimate of drug-likeness (QED) is 0.504. The van der Waals surface area contributed by atoms with Gasteiger partial charge in [0.05, 0.1) is 12.8 Å². The lowest BCUT2D eigenvalue weighted by Crippen LogP contribution is -2.29. The molecule has 20 heavy (non-hydrogen) atoms. The Balaban J connectivity index is 2.09. The molecule has 5 nitrogen and oxygen atoms in total. The number of hydrazine groups is 1. The second-order valence-corrected chi connectivity index (χ2v) is 5.76. The monoisotopic (exact) mass is 291 g/mol. The minimum atomic E-state index is -0.328. The third kappa shape index (κ3) is 3.55. The van der Waals surface area contributed by atoms with Gasteiger partial charge in [0.1, 0.15) is 15.6 Å². The molecule has 0 saturated carbocycles. The highest BCUT2D eigenvalue weighted by atomic mass is 32.1. The molecular formula is C14H17N3O2S. The predicted molar refractivity (Wildman–Crippen MR) is 79.5 cm³/mol. The Hall–Kier alpha value is -1.92. The molecule has 0 radical (unpaired) electrons. The zero-order valence-corrected chi connectivity index (χ0v) is 12.2. The van der Waals surface area contributed by atoms with Crippen LogP contribution in [0.5, 0.6) is 5.75 Å². The highest BCUT2D eigenvalue weighted by Crippen LogP contribution is 2.26. The fourth-order valence-corrected chi connectivity index (χ4v) is 2.36. The summed E-state index contributed by atoms with van der Waals surface area (Å²) >= 11 is 1.30. The van der Waals surface area contributed by atoms with Gasteiger partial charge >= 0.3 is 0 Å². The molecular weight excluding hydrogens is 274 g/mol. The van der Waals surface area contributed by atoms with Gasteiger partial charge in [-0.25, -0.2) is 10.8 Å². The van der Waals surface area contributed by atoms with Crippen molar-refractivity contribution in [3.63, 3.8) is 0 Å². The van der Waals surface area contributed by atoms with Crippen LogP contribution in [0.2, 0.25) is 0 Å². The minimum absolute atomic E-state index is 0.328. The Morgan fingerprint density at radius 3 is 2.70 bits per heavy atom. The number of nitrogens with two attached hydrogens (primary N) is 1. The number of carbonyl (C=O) groups is 1. The number of benzene rings is 1. The first kappa shape index (κ1) is 14.5. The highest BCUT2D eigenvalue weighted by Gasteiger charge is 2.10. The van der Waals surface area contributed by atoms with Crippen molar-refractivity contribution in [1.82, 2.24) is 10.4 Å². The summed E-state index contributed by atoms with van der Waals surface area (Å²) in [7, 11) is 0. The standard InChI is InChI=1S/C14H17N3O2S/c1-9(2)8-19-11-5-3-10(4-6-11)14-16-7-12(20-14)13(18)17-15/h3-7,9H,8,15H2,1-2H3,(H,17,18). The van der Waals surface area contributed by atoms with E-state index in [1.54, 1.807) is 0 Å². The summed E-state index contributed by atoms with van der Waals surface area (Å²) in [6.45, 7) is 4.90. The number of ether oxygens (including phenoxy) is 1. The summed E-state index contributed by atoms with van der Waals surface area (Å²) in [6, 6.07) is 7.67. The Bertz CT molecular complexity index is 578. The minimum Gasteiger partial charge on any atom is -0.493 e. The zero-order valence-electron chi connectivity index (χ0n) is 11.4. The fraction of sp³-hybridized carbons (Fsp3) is 0.286. The van der Waals surface area contributed by atoms with Gasteiger partial charge in [-0.05, 0) is 30.2 Å². The molecule has 3 N–H and O–H groups in total. The fourth-order valence-electron chi connectivity index (χ4n) is 1.54. The van der Waals surface area contributed by atoms with E-state index in [9.17, 15) is 4.79 Å².